The highest BCUT2D eigenvalue weighted by molar-refractivity contribution is 5.88. The van der Waals surface area contributed by atoms with Crippen LogP contribution in [0.5, 0.6) is 0 Å². The molecule has 15 heavy (non-hydrogen) atoms. The van der Waals surface area contributed by atoms with E-state index in [4.69, 9.17) is 0 Å². The summed E-state index contributed by atoms with van der Waals surface area (Å²) in [7, 11) is 5.18. The number of carbonyl (C=O) groups is 2. The smallest absolute Gasteiger partial charge is 0.244 e. The van der Waals surface area contributed by atoms with Crippen molar-refractivity contribution in [2.24, 2.45) is 0 Å². The Morgan fingerprint density at radius 1 is 1.47 bits per heavy atom. The maximum atomic E-state index is 11.8. The van der Waals surface area contributed by atoms with E-state index in [-0.39, 0.29) is 17.9 Å². The number of hydrogen-bond acceptors (Lipinski definition) is 3. The number of carbonyl (C=O) groups excluding carboxylic acids is 2. The number of amides is 2. The van der Waals surface area contributed by atoms with Crippen LogP contribution in [-0.4, -0.2) is 61.9 Å². The molecule has 1 aliphatic rings. The lowest BCUT2D eigenvalue weighted by molar-refractivity contribution is -0.141. The second-order valence-electron chi connectivity index (χ2n) is 4.01. The molecule has 1 fully saturated rings. The lowest BCUT2D eigenvalue weighted by atomic mass is 10.2. The second-order valence-corrected chi connectivity index (χ2v) is 4.01. The van der Waals surface area contributed by atoms with Crippen LogP contribution in [0.25, 0.3) is 0 Å². The molecule has 0 bridgehead atoms. The first kappa shape index (κ1) is 12.0. The van der Waals surface area contributed by atoms with Crippen molar-refractivity contribution in [3.63, 3.8) is 0 Å². The molecule has 86 valence electrons. The average Bonchev–Trinajstić information content (AvgIpc) is 2.65. The van der Waals surface area contributed by atoms with Gasteiger partial charge in [-0.25, -0.2) is 0 Å². The van der Waals surface area contributed by atoms with Gasteiger partial charge in [0.15, 0.2) is 0 Å². The van der Waals surface area contributed by atoms with Crippen molar-refractivity contribution in [3.05, 3.63) is 0 Å². The summed E-state index contributed by atoms with van der Waals surface area (Å²) in [5.41, 5.74) is 0. The standard InChI is InChI=1S/C10H19N3O2/c1-11-7-9(14)13-6-4-5-8(13)10(15)12(2)3/h8,11H,4-7H2,1-3H3. The third kappa shape index (κ3) is 2.68. The van der Waals surface area contributed by atoms with Gasteiger partial charge in [0.05, 0.1) is 6.54 Å². The first-order valence-corrected chi connectivity index (χ1v) is 5.23. The predicted octanol–water partition coefficient (Wildman–Crippen LogP) is -0.715. The minimum Gasteiger partial charge on any atom is -0.347 e. The molecule has 0 aliphatic carbocycles. The maximum absolute atomic E-state index is 11.8. The quantitative estimate of drug-likeness (QED) is 0.673. The van der Waals surface area contributed by atoms with Gasteiger partial charge in [-0.1, -0.05) is 0 Å². The Kier molecular flexibility index (Phi) is 4.08. The zero-order valence-electron chi connectivity index (χ0n) is 9.62. The molecule has 0 aromatic rings. The van der Waals surface area contributed by atoms with E-state index in [1.54, 1.807) is 30.9 Å². The van der Waals surface area contributed by atoms with Crippen molar-refractivity contribution in [1.29, 1.82) is 0 Å². The van der Waals surface area contributed by atoms with Crippen LogP contribution in [0, 0.1) is 0 Å². The van der Waals surface area contributed by atoms with Crippen molar-refractivity contribution in [2.75, 3.05) is 34.2 Å². The molecule has 0 radical (unpaired) electrons. The Bertz CT molecular complexity index is 253. The van der Waals surface area contributed by atoms with Crippen molar-refractivity contribution < 1.29 is 9.59 Å². The summed E-state index contributed by atoms with van der Waals surface area (Å²) < 4.78 is 0. The van der Waals surface area contributed by atoms with E-state index in [2.05, 4.69) is 5.32 Å². The Balaban J connectivity index is 2.64. The van der Waals surface area contributed by atoms with Crippen molar-refractivity contribution in [1.82, 2.24) is 15.1 Å². The molecule has 0 saturated carbocycles. The van der Waals surface area contributed by atoms with Gasteiger partial charge in [0, 0.05) is 20.6 Å². The molecule has 1 heterocycles. The highest BCUT2D eigenvalue weighted by Crippen LogP contribution is 2.18. The van der Waals surface area contributed by atoms with Gasteiger partial charge in [-0.2, -0.15) is 0 Å². The molecule has 0 aromatic carbocycles. The van der Waals surface area contributed by atoms with E-state index in [1.807, 2.05) is 0 Å². The fourth-order valence-electron chi connectivity index (χ4n) is 1.87. The predicted molar refractivity (Wildman–Crippen MR) is 57.4 cm³/mol. The molecule has 1 atom stereocenters. The van der Waals surface area contributed by atoms with Crippen LogP contribution in [0.3, 0.4) is 0 Å². The molecule has 1 unspecified atom stereocenters. The summed E-state index contributed by atoms with van der Waals surface area (Å²) >= 11 is 0. The van der Waals surface area contributed by atoms with Crippen LogP contribution < -0.4 is 5.32 Å². The van der Waals surface area contributed by atoms with Crippen molar-refractivity contribution in [3.8, 4) is 0 Å². The van der Waals surface area contributed by atoms with Crippen molar-refractivity contribution in [2.45, 2.75) is 18.9 Å². The molecular weight excluding hydrogens is 194 g/mol. The largest absolute Gasteiger partial charge is 0.347 e. The second kappa shape index (κ2) is 5.11. The van der Waals surface area contributed by atoms with Gasteiger partial charge < -0.3 is 15.1 Å². The zero-order chi connectivity index (χ0) is 11.4. The Hall–Kier alpha value is -1.10. The van der Waals surface area contributed by atoms with Gasteiger partial charge in [0.25, 0.3) is 0 Å². The average molecular weight is 213 g/mol. The topological polar surface area (TPSA) is 52.7 Å². The van der Waals surface area contributed by atoms with Gasteiger partial charge in [-0.05, 0) is 19.9 Å². The summed E-state index contributed by atoms with van der Waals surface area (Å²) in [4.78, 5) is 26.7. The summed E-state index contributed by atoms with van der Waals surface area (Å²) in [6.07, 6.45) is 1.70. The molecule has 1 aliphatic heterocycles. The van der Waals surface area contributed by atoms with Gasteiger partial charge in [0.2, 0.25) is 11.8 Å². The summed E-state index contributed by atoms with van der Waals surface area (Å²) in [6, 6.07) is -0.249. The minimum absolute atomic E-state index is 0.00944. The Morgan fingerprint density at radius 2 is 2.13 bits per heavy atom. The molecule has 1 saturated heterocycles. The van der Waals surface area contributed by atoms with E-state index in [9.17, 15) is 9.59 Å². The Labute approximate surface area is 90.4 Å². The highest BCUT2D eigenvalue weighted by atomic mass is 16.2. The molecule has 2 amide bonds. The maximum Gasteiger partial charge on any atom is 0.244 e. The molecule has 0 aromatic heterocycles. The van der Waals surface area contributed by atoms with Crippen LogP contribution in [-0.2, 0) is 9.59 Å². The van der Waals surface area contributed by atoms with E-state index in [0.717, 1.165) is 12.8 Å². The van der Waals surface area contributed by atoms with E-state index < -0.39 is 0 Å². The van der Waals surface area contributed by atoms with E-state index in [0.29, 0.717) is 13.1 Å². The third-order valence-electron chi connectivity index (χ3n) is 2.63. The number of nitrogens with one attached hydrogen (secondary N) is 1. The number of nitrogens with zero attached hydrogens (tertiary/aromatic N) is 2. The fourth-order valence-corrected chi connectivity index (χ4v) is 1.87. The first-order valence-electron chi connectivity index (χ1n) is 5.23. The van der Waals surface area contributed by atoms with E-state index in [1.165, 1.54) is 0 Å². The molecule has 0 spiro atoms. The SMILES string of the molecule is CNCC(=O)N1CCCC1C(=O)N(C)C. The number of likely N-dealkylation sites (N-methyl/N-ethyl adjacent to an activating group) is 2. The van der Waals surface area contributed by atoms with E-state index >= 15 is 0 Å². The Morgan fingerprint density at radius 3 is 2.67 bits per heavy atom. The molecule has 1 N–H and O–H groups in total. The normalized spacial score (nSPS) is 20.5. The zero-order valence-corrected chi connectivity index (χ0v) is 9.62. The summed E-state index contributed by atoms with van der Waals surface area (Å²) in [5, 5.41) is 2.82. The third-order valence-corrected chi connectivity index (χ3v) is 2.63. The number of rotatable bonds is 3. The fraction of sp³-hybridized carbons (Fsp3) is 0.800. The monoisotopic (exact) mass is 213 g/mol. The van der Waals surface area contributed by atoms with Crippen LogP contribution in [0.15, 0.2) is 0 Å². The minimum atomic E-state index is -0.249. The lowest BCUT2D eigenvalue weighted by Crippen LogP contribution is -2.47. The molecule has 5 nitrogen and oxygen atoms in total. The molecule has 5 heteroatoms. The van der Waals surface area contributed by atoms with Gasteiger partial charge in [-0.15, -0.1) is 0 Å². The lowest BCUT2D eigenvalue weighted by Gasteiger charge is -2.26. The van der Waals surface area contributed by atoms with Crippen LogP contribution >= 0.6 is 0 Å². The van der Waals surface area contributed by atoms with Crippen molar-refractivity contribution >= 4 is 11.8 Å². The highest BCUT2D eigenvalue weighted by Gasteiger charge is 2.34. The number of hydrogen-bond donors (Lipinski definition) is 1. The molecule has 1 rings (SSSR count). The molecular formula is C10H19N3O2. The summed E-state index contributed by atoms with van der Waals surface area (Å²) in [5.74, 6) is 0.0344. The van der Waals surface area contributed by atoms with Gasteiger partial charge in [-0.3, -0.25) is 9.59 Å². The van der Waals surface area contributed by atoms with Gasteiger partial charge in [0.1, 0.15) is 6.04 Å². The number of likely N-dealkylation sites (tertiary alicyclic amines) is 1. The first-order chi connectivity index (χ1) is 7.07. The van der Waals surface area contributed by atoms with Gasteiger partial charge >= 0.3 is 0 Å². The summed E-state index contributed by atoms with van der Waals surface area (Å²) in [6.45, 7) is 1.00. The van der Waals surface area contributed by atoms with Crippen LogP contribution in [0.1, 0.15) is 12.8 Å². The van der Waals surface area contributed by atoms with Crippen LogP contribution in [0.2, 0.25) is 0 Å². The van der Waals surface area contributed by atoms with Crippen LogP contribution in [0.4, 0.5) is 0 Å².